The molecule has 84 valence electrons. The van der Waals surface area contributed by atoms with Crippen molar-refractivity contribution in [3.05, 3.63) is 28.7 Å². The number of aromatic amines is 1. The van der Waals surface area contributed by atoms with Crippen LogP contribution in [0, 0.1) is 0 Å². The Hall–Kier alpha value is -1.75. The molecule has 2 N–H and O–H groups in total. The summed E-state index contributed by atoms with van der Waals surface area (Å²) in [6, 6.07) is 4.94. The van der Waals surface area contributed by atoms with Gasteiger partial charge < -0.3 is 14.8 Å². The van der Waals surface area contributed by atoms with Gasteiger partial charge in [-0.25, -0.2) is 4.79 Å². The Morgan fingerprint density at radius 3 is 3.12 bits per heavy atom. The molecular formula is C11H12N2O3. The van der Waals surface area contributed by atoms with Crippen LogP contribution < -0.4 is 5.69 Å². The van der Waals surface area contributed by atoms with Crippen molar-refractivity contribution in [1.82, 2.24) is 9.55 Å². The second-order valence-corrected chi connectivity index (χ2v) is 4.02. The van der Waals surface area contributed by atoms with E-state index in [-0.39, 0.29) is 17.5 Å². The number of H-pyrrole nitrogens is 1. The minimum atomic E-state index is -0.142. The molecule has 0 amide bonds. The fraction of sp³-hybridized carbons (Fsp3) is 0.364. The van der Waals surface area contributed by atoms with Crippen molar-refractivity contribution in [2.45, 2.75) is 12.5 Å². The number of phenolic OH excluding ortho intramolecular Hbond substituents is 1. The average molecular weight is 220 g/mol. The molecule has 3 rings (SSSR count). The minimum Gasteiger partial charge on any atom is -0.508 e. The normalized spacial score (nSPS) is 20.6. The third-order valence-corrected chi connectivity index (χ3v) is 2.97. The summed E-state index contributed by atoms with van der Waals surface area (Å²) in [4.78, 5) is 14.6. The van der Waals surface area contributed by atoms with Crippen LogP contribution in [0.15, 0.2) is 23.0 Å². The van der Waals surface area contributed by atoms with E-state index in [1.165, 1.54) is 0 Å². The van der Waals surface area contributed by atoms with Gasteiger partial charge in [-0.05, 0) is 18.6 Å². The van der Waals surface area contributed by atoms with Gasteiger partial charge in [0.15, 0.2) is 0 Å². The Balaban J connectivity index is 2.25. The summed E-state index contributed by atoms with van der Waals surface area (Å²) >= 11 is 0. The number of nitrogens with one attached hydrogen (secondary N) is 1. The second kappa shape index (κ2) is 3.38. The molecule has 0 radical (unpaired) electrons. The number of benzene rings is 1. The van der Waals surface area contributed by atoms with Crippen molar-refractivity contribution in [3.63, 3.8) is 0 Å². The Bertz CT molecular complexity index is 578. The van der Waals surface area contributed by atoms with Gasteiger partial charge in [0, 0.05) is 12.7 Å². The van der Waals surface area contributed by atoms with Crippen LogP contribution in [0.2, 0.25) is 0 Å². The molecule has 1 aliphatic rings. The zero-order chi connectivity index (χ0) is 11.1. The lowest BCUT2D eigenvalue weighted by molar-refractivity contribution is 0.186. The number of nitrogens with zero attached hydrogens (tertiary/aromatic N) is 1. The summed E-state index contributed by atoms with van der Waals surface area (Å²) in [5.74, 6) is 0.166. The summed E-state index contributed by atoms with van der Waals surface area (Å²) in [5, 5.41) is 9.45. The molecule has 5 nitrogen and oxygen atoms in total. The van der Waals surface area contributed by atoms with E-state index in [1.54, 1.807) is 22.8 Å². The van der Waals surface area contributed by atoms with Crippen molar-refractivity contribution < 1.29 is 9.84 Å². The van der Waals surface area contributed by atoms with Crippen molar-refractivity contribution in [3.8, 4) is 5.75 Å². The van der Waals surface area contributed by atoms with Crippen molar-refractivity contribution in [2.24, 2.45) is 0 Å². The predicted molar refractivity (Wildman–Crippen MR) is 58.7 cm³/mol. The molecule has 1 unspecified atom stereocenters. The highest BCUT2D eigenvalue weighted by Crippen LogP contribution is 2.24. The molecule has 16 heavy (non-hydrogen) atoms. The number of fused-ring (bicyclic) bond motifs is 1. The van der Waals surface area contributed by atoms with Crippen molar-refractivity contribution in [1.29, 1.82) is 0 Å². The number of aromatic hydroxyl groups is 1. The maximum absolute atomic E-state index is 11.8. The molecule has 1 fully saturated rings. The summed E-state index contributed by atoms with van der Waals surface area (Å²) in [5.41, 5.74) is 1.34. The first-order valence-electron chi connectivity index (χ1n) is 5.27. The van der Waals surface area contributed by atoms with Crippen molar-refractivity contribution >= 4 is 11.0 Å². The van der Waals surface area contributed by atoms with Crippen LogP contribution in [0.25, 0.3) is 11.0 Å². The van der Waals surface area contributed by atoms with Crippen molar-refractivity contribution in [2.75, 3.05) is 13.2 Å². The molecule has 1 aromatic heterocycles. The van der Waals surface area contributed by atoms with Gasteiger partial charge in [0.1, 0.15) is 5.75 Å². The minimum absolute atomic E-state index is 0.0723. The van der Waals surface area contributed by atoms with Gasteiger partial charge in [-0.15, -0.1) is 0 Å². The smallest absolute Gasteiger partial charge is 0.326 e. The maximum Gasteiger partial charge on any atom is 0.326 e. The first kappa shape index (κ1) is 9.47. The SMILES string of the molecule is O=c1[nH]c2ccc(O)cc2n1C1CCOC1. The number of aromatic nitrogens is 2. The zero-order valence-electron chi connectivity index (χ0n) is 8.64. The molecule has 1 saturated heterocycles. The third-order valence-electron chi connectivity index (χ3n) is 2.97. The lowest BCUT2D eigenvalue weighted by atomic mass is 10.2. The van der Waals surface area contributed by atoms with E-state index < -0.39 is 0 Å². The van der Waals surface area contributed by atoms with Gasteiger partial charge in [-0.1, -0.05) is 0 Å². The van der Waals surface area contributed by atoms with Crippen LogP contribution in [-0.2, 0) is 4.74 Å². The van der Waals surface area contributed by atoms with E-state index in [0.717, 1.165) is 17.5 Å². The largest absolute Gasteiger partial charge is 0.508 e. The van der Waals surface area contributed by atoms with E-state index in [0.29, 0.717) is 13.2 Å². The van der Waals surface area contributed by atoms with Gasteiger partial charge in [-0.3, -0.25) is 4.57 Å². The fourth-order valence-electron chi connectivity index (χ4n) is 2.20. The van der Waals surface area contributed by atoms with Crippen LogP contribution in [0.4, 0.5) is 0 Å². The summed E-state index contributed by atoms with van der Waals surface area (Å²) in [6.45, 7) is 1.24. The van der Waals surface area contributed by atoms with Crippen LogP contribution in [0.1, 0.15) is 12.5 Å². The van der Waals surface area contributed by atoms with Crippen LogP contribution in [0.5, 0.6) is 5.75 Å². The molecule has 2 aromatic rings. The van der Waals surface area contributed by atoms with Gasteiger partial charge in [0.25, 0.3) is 0 Å². The molecule has 0 aliphatic carbocycles. The van der Waals surface area contributed by atoms with Gasteiger partial charge >= 0.3 is 5.69 Å². The molecule has 1 aromatic carbocycles. The van der Waals surface area contributed by atoms with Gasteiger partial charge in [-0.2, -0.15) is 0 Å². The number of hydrogen-bond acceptors (Lipinski definition) is 3. The quantitative estimate of drug-likeness (QED) is 0.753. The number of phenols is 1. The van der Waals surface area contributed by atoms with Gasteiger partial charge in [0.2, 0.25) is 0 Å². The number of imidazole rings is 1. The first-order valence-corrected chi connectivity index (χ1v) is 5.27. The number of hydrogen-bond donors (Lipinski definition) is 2. The number of rotatable bonds is 1. The second-order valence-electron chi connectivity index (χ2n) is 4.02. The highest BCUT2D eigenvalue weighted by atomic mass is 16.5. The highest BCUT2D eigenvalue weighted by molar-refractivity contribution is 5.77. The monoisotopic (exact) mass is 220 g/mol. The third kappa shape index (κ3) is 1.32. The summed E-state index contributed by atoms with van der Waals surface area (Å²) in [7, 11) is 0. The van der Waals surface area contributed by atoms with E-state index >= 15 is 0 Å². The van der Waals surface area contributed by atoms with Crippen LogP contribution in [0.3, 0.4) is 0 Å². The average Bonchev–Trinajstić information content (AvgIpc) is 2.83. The maximum atomic E-state index is 11.8. The molecule has 2 heterocycles. The van der Waals surface area contributed by atoms with E-state index in [4.69, 9.17) is 4.74 Å². The van der Waals surface area contributed by atoms with Crippen LogP contribution >= 0.6 is 0 Å². The molecule has 0 spiro atoms. The molecule has 0 bridgehead atoms. The standard InChI is InChI=1S/C11H12N2O3/c14-8-1-2-9-10(5-8)13(11(15)12-9)7-3-4-16-6-7/h1-2,5,7,14H,3-4,6H2,(H,12,15). The summed E-state index contributed by atoms with van der Waals surface area (Å²) in [6.07, 6.45) is 0.836. The molecular weight excluding hydrogens is 208 g/mol. The Morgan fingerprint density at radius 2 is 2.38 bits per heavy atom. The molecule has 1 atom stereocenters. The topological polar surface area (TPSA) is 67.2 Å². The van der Waals surface area contributed by atoms with Crippen LogP contribution in [-0.4, -0.2) is 27.9 Å². The molecule has 0 saturated carbocycles. The summed E-state index contributed by atoms with van der Waals surface area (Å²) < 4.78 is 6.95. The fourth-order valence-corrected chi connectivity index (χ4v) is 2.20. The Kier molecular flexibility index (Phi) is 2.00. The molecule has 1 aliphatic heterocycles. The molecule has 5 heteroatoms. The Labute approximate surface area is 91.3 Å². The zero-order valence-corrected chi connectivity index (χ0v) is 8.64. The lowest BCUT2D eigenvalue weighted by Gasteiger charge is -2.09. The van der Waals surface area contributed by atoms with Gasteiger partial charge in [0.05, 0.1) is 23.7 Å². The van der Waals surface area contributed by atoms with E-state index in [1.807, 2.05) is 0 Å². The van der Waals surface area contributed by atoms with E-state index in [9.17, 15) is 9.90 Å². The number of ether oxygens (including phenoxy) is 1. The van der Waals surface area contributed by atoms with E-state index in [2.05, 4.69) is 4.98 Å². The predicted octanol–water partition coefficient (Wildman–Crippen LogP) is 0.997. The lowest BCUT2D eigenvalue weighted by Crippen LogP contribution is -2.22. The first-order chi connectivity index (χ1) is 7.75. The Morgan fingerprint density at radius 1 is 1.50 bits per heavy atom. The highest BCUT2D eigenvalue weighted by Gasteiger charge is 2.21.